The van der Waals surface area contributed by atoms with Crippen molar-refractivity contribution >= 4 is 23.5 Å². The van der Waals surface area contributed by atoms with E-state index >= 15 is 0 Å². The summed E-state index contributed by atoms with van der Waals surface area (Å²) in [5.41, 5.74) is 1.88. The van der Waals surface area contributed by atoms with Crippen LogP contribution in [0, 0.1) is 17.7 Å². The number of rotatable bonds is 6. The van der Waals surface area contributed by atoms with Crippen molar-refractivity contribution in [3.8, 4) is 5.75 Å². The number of amides is 1. The minimum atomic E-state index is -0.614. The van der Waals surface area contributed by atoms with Gasteiger partial charge in [0, 0.05) is 36.6 Å². The van der Waals surface area contributed by atoms with Crippen molar-refractivity contribution in [2.45, 2.75) is 37.4 Å². The maximum atomic E-state index is 14.2. The summed E-state index contributed by atoms with van der Waals surface area (Å²) in [4.78, 5) is 33.5. The summed E-state index contributed by atoms with van der Waals surface area (Å²) in [6, 6.07) is 17.4. The molecule has 3 heterocycles. The zero-order valence-electron chi connectivity index (χ0n) is 21.9. The number of benzene rings is 2. The van der Waals surface area contributed by atoms with Gasteiger partial charge in [0.05, 0.1) is 23.8 Å². The minimum Gasteiger partial charge on any atom is -0.410 e. The normalized spacial score (nSPS) is 26.7. The molecular formula is C30H32ClFN4O3. The van der Waals surface area contributed by atoms with Gasteiger partial charge in [-0.25, -0.2) is 9.18 Å². The van der Waals surface area contributed by atoms with E-state index in [2.05, 4.69) is 22.5 Å². The van der Waals surface area contributed by atoms with Gasteiger partial charge in [0.25, 0.3) is 0 Å². The Kier molecular flexibility index (Phi) is 8.26. The van der Waals surface area contributed by atoms with Crippen LogP contribution in [0.1, 0.15) is 36.6 Å². The molecule has 2 aliphatic rings. The standard InChI is InChI=1S/C30H32ClFN4O3/c1-18-16-34-26(25-5-3-4-14-33-25)15-23(18)29(37)27-28(24(17-35-27)19-6-8-20(31)9-7-19)36(2)30(38)39-22-12-10-21(32)11-13-22/h3-14,18,23-24,26-28,34-35H,15-17H2,1-2H3/t18?,23?,24-,26?,27?,28-/m0/s1. The third-order valence-corrected chi connectivity index (χ3v) is 8.20. The number of piperidine rings is 1. The van der Waals surface area contributed by atoms with Crippen molar-refractivity contribution < 1.29 is 18.7 Å². The molecule has 9 heteroatoms. The van der Waals surface area contributed by atoms with Crippen LogP contribution >= 0.6 is 11.6 Å². The van der Waals surface area contributed by atoms with Gasteiger partial charge in [0.1, 0.15) is 11.6 Å². The van der Waals surface area contributed by atoms with Gasteiger partial charge in [-0.1, -0.05) is 36.7 Å². The Morgan fingerprint density at radius 1 is 1.03 bits per heavy atom. The fourth-order valence-electron chi connectivity index (χ4n) is 5.79. The molecule has 3 aromatic rings. The zero-order valence-corrected chi connectivity index (χ0v) is 22.6. The Balaban J connectivity index is 1.41. The summed E-state index contributed by atoms with van der Waals surface area (Å²) in [6.45, 7) is 3.29. The van der Waals surface area contributed by atoms with Crippen LogP contribution in [0.25, 0.3) is 0 Å². The van der Waals surface area contributed by atoms with Crippen molar-refractivity contribution in [3.63, 3.8) is 0 Å². The molecule has 2 aromatic carbocycles. The molecule has 1 aromatic heterocycles. The highest BCUT2D eigenvalue weighted by Gasteiger charge is 2.48. The number of hydrogen-bond acceptors (Lipinski definition) is 6. The number of halogens is 2. The molecule has 0 spiro atoms. The topological polar surface area (TPSA) is 83.6 Å². The Morgan fingerprint density at radius 2 is 1.77 bits per heavy atom. The predicted molar refractivity (Wildman–Crippen MR) is 147 cm³/mol. The van der Waals surface area contributed by atoms with E-state index in [1.54, 1.807) is 13.2 Å². The SMILES string of the molecule is CC1CNC(c2ccccn2)CC1C(=O)C1NC[C@@H](c2ccc(Cl)cc2)[C@@H]1N(C)C(=O)Oc1ccc(F)cc1. The zero-order chi connectivity index (χ0) is 27.5. The molecule has 2 aliphatic heterocycles. The molecule has 39 heavy (non-hydrogen) atoms. The molecule has 5 rings (SSSR count). The van der Waals surface area contributed by atoms with Crippen LogP contribution in [0.3, 0.4) is 0 Å². The van der Waals surface area contributed by atoms with E-state index in [0.717, 1.165) is 11.3 Å². The van der Waals surface area contributed by atoms with Gasteiger partial charge >= 0.3 is 6.09 Å². The Morgan fingerprint density at radius 3 is 2.46 bits per heavy atom. The van der Waals surface area contributed by atoms with Gasteiger partial charge in [0.2, 0.25) is 0 Å². The van der Waals surface area contributed by atoms with E-state index in [4.69, 9.17) is 16.3 Å². The summed E-state index contributed by atoms with van der Waals surface area (Å²) >= 11 is 6.14. The minimum absolute atomic E-state index is 0.0237. The molecule has 2 N–H and O–H groups in total. The van der Waals surface area contributed by atoms with Crippen LogP contribution in [-0.4, -0.2) is 54.0 Å². The Labute approximate surface area is 232 Å². The Hall–Kier alpha value is -3.33. The molecule has 6 atom stereocenters. The van der Waals surface area contributed by atoms with E-state index in [1.165, 1.54) is 29.2 Å². The maximum absolute atomic E-state index is 14.2. The second-order valence-electron chi connectivity index (χ2n) is 10.4. The molecule has 204 valence electrons. The molecule has 2 saturated heterocycles. The Bertz CT molecular complexity index is 1290. The summed E-state index contributed by atoms with van der Waals surface area (Å²) in [5.74, 6) is -0.375. The van der Waals surface area contributed by atoms with E-state index < -0.39 is 24.0 Å². The summed E-state index contributed by atoms with van der Waals surface area (Å²) in [7, 11) is 1.65. The lowest BCUT2D eigenvalue weighted by molar-refractivity contribution is -0.128. The van der Waals surface area contributed by atoms with Gasteiger partial charge in [-0.2, -0.15) is 0 Å². The molecule has 1 amide bonds. The number of likely N-dealkylation sites (N-methyl/N-ethyl adjacent to an activating group) is 1. The van der Waals surface area contributed by atoms with E-state index in [9.17, 15) is 14.0 Å². The van der Waals surface area contributed by atoms with Gasteiger partial charge in [-0.15, -0.1) is 0 Å². The van der Waals surface area contributed by atoms with E-state index in [1.807, 2.05) is 42.5 Å². The van der Waals surface area contributed by atoms with E-state index in [-0.39, 0.29) is 35.3 Å². The van der Waals surface area contributed by atoms with Crippen molar-refractivity contribution in [2.24, 2.45) is 11.8 Å². The number of hydrogen-bond donors (Lipinski definition) is 2. The largest absolute Gasteiger partial charge is 0.415 e. The highest BCUT2D eigenvalue weighted by atomic mass is 35.5. The monoisotopic (exact) mass is 550 g/mol. The highest BCUT2D eigenvalue weighted by molar-refractivity contribution is 6.30. The predicted octanol–water partition coefficient (Wildman–Crippen LogP) is 4.98. The first-order valence-corrected chi connectivity index (χ1v) is 13.6. The first kappa shape index (κ1) is 27.2. The second kappa shape index (κ2) is 11.8. The third kappa shape index (κ3) is 5.98. The first-order chi connectivity index (χ1) is 18.8. The van der Waals surface area contributed by atoms with Crippen LogP contribution in [0.2, 0.25) is 5.02 Å². The number of ether oxygens (including phenoxy) is 1. The van der Waals surface area contributed by atoms with Crippen LogP contribution in [-0.2, 0) is 4.79 Å². The van der Waals surface area contributed by atoms with E-state index in [0.29, 0.717) is 24.5 Å². The smallest absolute Gasteiger partial charge is 0.410 e. The summed E-state index contributed by atoms with van der Waals surface area (Å²) in [6.07, 6.45) is 1.77. The third-order valence-electron chi connectivity index (χ3n) is 7.94. The lowest BCUT2D eigenvalue weighted by atomic mass is 9.76. The van der Waals surface area contributed by atoms with Gasteiger partial charge < -0.3 is 20.3 Å². The first-order valence-electron chi connectivity index (χ1n) is 13.2. The van der Waals surface area contributed by atoms with Crippen LogP contribution in [0.4, 0.5) is 9.18 Å². The summed E-state index contributed by atoms with van der Waals surface area (Å²) in [5, 5.41) is 7.57. The number of carbonyl (C=O) groups excluding carboxylic acids is 2. The highest BCUT2D eigenvalue weighted by Crippen LogP contribution is 2.37. The molecule has 4 unspecified atom stereocenters. The number of aromatic nitrogens is 1. The second-order valence-corrected chi connectivity index (χ2v) is 10.8. The maximum Gasteiger partial charge on any atom is 0.415 e. The fourth-order valence-corrected chi connectivity index (χ4v) is 5.91. The molecule has 7 nitrogen and oxygen atoms in total. The molecule has 0 aliphatic carbocycles. The van der Waals surface area contributed by atoms with Gasteiger partial charge in [0.15, 0.2) is 5.78 Å². The molecular weight excluding hydrogens is 519 g/mol. The lowest BCUT2D eigenvalue weighted by Gasteiger charge is -2.38. The van der Waals surface area contributed by atoms with Crippen molar-refractivity contribution in [2.75, 3.05) is 20.1 Å². The molecule has 2 fully saturated rings. The van der Waals surface area contributed by atoms with Crippen LogP contribution < -0.4 is 15.4 Å². The summed E-state index contributed by atoms with van der Waals surface area (Å²) < 4.78 is 18.9. The fraction of sp³-hybridized carbons (Fsp3) is 0.367. The van der Waals surface area contributed by atoms with Crippen LogP contribution in [0.5, 0.6) is 5.75 Å². The average Bonchev–Trinajstić information content (AvgIpc) is 3.39. The number of ketones is 1. The quantitative estimate of drug-likeness (QED) is 0.450. The van der Waals surface area contributed by atoms with Gasteiger partial charge in [-0.3, -0.25) is 9.78 Å². The number of nitrogens with zero attached hydrogens (tertiary/aromatic N) is 2. The van der Waals surface area contributed by atoms with Crippen molar-refractivity contribution in [1.82, 2.24) is 20.5 Å². The number of Topliss-reactive ketones (excluding diaryl/α,β-unsaturated/α-hetero) is 1. The number of nitrogens with one attached hydrogen (secondary N) is 2. The van der Waals surface area contributed by atoms with Gasteiger partial charge in [-0.05, 0) is 73.0 Å². The molecule has 0 radical (unpaired) electrons. The lowest BCUT2D eigenvalue weighted by Crippen LogP contribution is -2.54. The van der Waals surface area contributed by atoms with Crippen molar-refractivity contribution in [3.05, 3.63) is 95.0 Å². The molecule has 0 saturated carbocycles. The number of pyridine rings is 1. The van der Waals surface area contributed by atoms with Crippen molar-refractivity contribution in [1.29, 1.82) is 0 Å². The van der Waals surface area contributed by atoms with Crippen LogP contribution in [0.15, 0.2) is 72.9 Å². The average molecular weight is 551 g/mol. The molecule has 0 bridgehead atoms. The number of carbonyl (C=O) groups is 2.